The fourth-order valence-electron chi connectivity index (χ4n) is 2.09. The molecule has 1 fully saturated rings. The molecule has 1 heterocycles. The van der Waals surface area contributed by atoms with Gasteiger partial charge < -0.3 is 9.64 Å². The highest BCUT2D eigenvalue weighted by Crippen LogP contribution is 2.25. The highest BCUT2D eigenvalue weighted by atomic mass is 16.5. The third kappa shape index (κ3) is 2.25. The first kappa shape index (κ1) is 9.07. The first-order valence-corrected chi connectivity index (χ1v) is 5.38. The van der Waals surface area contributed by atoms with Crippen molar-refractivity contribution >= 4 is 0 Å². The van der Waals surface area contributed by atoms with Crippen molar-refractivity contribution in [2.24, 2.45) is 5.92 Å². The summed E-state index contributed by atoms with van der Waals surface area (Å²) >= 11 is 0. The Morgan fingerprint density at radius 1 is 1.38 bits per heavy atom. The molecule has 2 aliphatic rings. The maximum atomic E-state index is 5.34. The highest BCUT2D eigenvalue weighted by molar-refractivity contribution is 5.05. The minimum Gasteiger partial charge on any atom is -0.378 e. The summed E-state index contributed by atoms with van der Waals surface area (Å²) in [6.07, 6.45) is 6.34. The molecule has 0 spiro atoms. The predicted octanol–water partition coefficient (Wildman–Crippen LogP) is 2.02. The van der Waals surface area contributed by atoms with Gasteiger partial charge in [0.15, 0.2) is 0 Å². The number of hydrogen-bond acceptors (Lipinski definition) is 2. The van der Waals surface area contributed by atoms with Gasteiger partial charge in [-0.2, -0.15) is 0 Å². The van der Waals surface area contributed by atoms with Crippen molar-refractivity contribution in [1.29, 1.82) is 0 Å². The molecule has 0 aromatic carbocycles. The van der Waals surface area contributed by atoms with Crippen LogP contribution in [0.15, 0.2) is 11.8 Å². The Balaban J connectivity index is 1.92. The Bertz CT molecular complexity index is 194. The Morgan fingerprint density at radius 2 is 2.15 bits per heavy atom. The summed E-state index contributed by atoms with van der Waals surface area (Å²) < 4.78 is 5.34. The molecular weight excluding hydrogens is 162 g/mol. The van der Waals surface area contributed by atoms with Crippen molar-refractivity contribution in [2.45, 2.75) is 26.2 Å². The summed E-state index contributed by atoms with van der Waals surface area (Å²) in [4.78, 5) is 2.50. The van der Waals surface area contributed by atoms with Gasteiger partial charge in [-0.1, -0.05) is 13.0 Å². The van der Waals surface area contributed by atoms with Crippen LogP contribution in [-0.2, 0) is 4.74 Å². The monoisotopic (exact) mass is 181 g/mol. The van der Waals surface area contributed by atoms with E-state index in [1.807, 2.05) is 0 Å². The van der Waals surface area contributed by atoms with Crippen molar-refractivity contribution in [1.82, 2.24) is 4.90 Å². The first-order chi connectivity index (χ1) is 6.36. The van der Waals surface area contributed by atoms with E-state index in [1.165, 1.54) is 19.3 Å². The molecule has 13 heavy (non-hydrogen) atoms. The van der Waals surface area contributed by atoms with Crippen LogP contribution in [0.4, 0.5) is 0 Å². The minimum atomic E-state index is 0.893. The molecule has 0 N–H and O–H groups in total. The van der Waals surface area contributed by atoms with E-state index in [0.717, 1.165) is 32.2 Å². The van der Waals surface area contributed by atoms with Crippen LogP contribution in [0.5, 0.6) is 0 Å². The Kier molecular flexibility index (Phi) is 2.89. The van der Waals surface area contributed by atoms with Gasteiger partial charge in [-0.25, -0.2) is 0 Å². The zero-order valence-electron chi connectivity index (χ0n) is 8.46. The van der Waals surface area contributed by atoms with Gasteiger partial charge in [-0.15, -0.1) is 0 Å². The first-order valence-electron chi connectivity index (χ1n) is 5.38. The average molecular weight is 181 g/mol. The van der Waals surface area contributed by atoms with E-state index in [2.05, 4.69) is 17.9 Å². The van der Waals surface area contributed by atoms with Crippen molar-refractivity contribution in [3.63, 3.8) is 0 Å². The molecule has 2 nitrogen and oxygen atoms in total. The maximum Gasteiger partial charge on any atom is 0.0642 e. The van der Waals surface area contributed by atoms with Crippen LogP contribution in [0, 0.1) is 5.92 Å². The zero-order valence-corrected chi connectivity index (χ0v) is 8.46. The molecule has 2 heteroatoms. The smallest absolute Gasteiger partial charge is 0.0642 e. The van der Waals surface area contributed by atoms with Crippen molar-refractivity contribution in [3.8, 4) is 0 Å². The molecule has 0 amide bonds. The van der Waals surface area contributed by atoms with E-state index in [4.69, 9.17) is 4.74 Å². The lowest BCUT2D eigenvalue weighted by Gasteiger charge is -2.33. The van der Waals surface area contributed by atoms with Gasteiger partial charge in [-0.3, -0.25) is 0 Å². The molecular formula is C11H19NO. The summed E-state index contributed by atoms with van der Waals surface area (Å²) in [6.45, 7) is 6.35. The summed E-state index contributed by atoms with van der Waals surface area (Å²) in [7, 11) is 0. The third-order valence-corrected chi connectivity index (χ3v) is 3.07. The van der Waals surface area contributed by atoms with Gasteiger partial charge in [0.25, 0.3) is 0 Å². The van der Waals surface area contributed by atoms with Crippen LogP contribution >= 0.6 is 0 Å². The average Bonchev–Trinajstić information content (AvgIpc) is 2.20. The van der Waals surface area contributed by atoms with Crippen LogP contribution in [-0.4, -0.2) is 31.2 Å². The van der Waals surface area contributed by atoms with Crippen LogP contribution in [0.2, 0.25) is 0 Å². The molecule has 2 rings (SSSR count). The standard InChI is InChI=1S/C11H19NO/c1-10-2-4-11(5-3-10)12-6-8-13-9-7-12/h4,10H,2-3,5-9H2,1H3/t10-/m0/s1. The second-order valence-electron chi connectivity index (χ2n) is 4.17. The molecule has 1 aliphatic carbocycles. The lowest BCUT2D eigenvalue weighted by molar-refractivity contribution is 0.0508. The summed E-state index contributed by atoms with van der Waals surface area (Å²) in [5.41, 5.74) is 1.57. The molecule has 0 unspecified atom stereocenters. The van der Waals surface area contributed by atoms with Gasteiger partial charge in [-0.05, 0) is 25.2 Å². The van der Waals surface area contributed by atoms with E-state index in [-0.39, 0.29) is 0 Å². The Hall–Kier alpha value is -0.500. The number of rotatable bonds is 1. The molecule has 1 aliphatic heterocycles. The Morgan fingerprint density at radius 3 is 2.77 bits per heavy atom. The van der Waals surface area contributed by atoms with Crippen molar-refractivity contribution in [3.05, 3.63) is 11.8 Å². The van der Waals surface area contributed by atoms with Crippen LogP contribution in [0.3, 0.4) is 0 Å². The summed E-state index contributed by atoms with van der Waals surface area (Å²) in [5, 5.41) is 0. The summed E-state index contributed by atoms with van der Waals surface area (Å²) in [5.74, 6) is 0.893. The zero-order chi connectivity index (χ0) is 9.10. The maximum absolute atomic E-state index is 5.34. The van der Waals surface area contributed by atoms with E-state index in [0.29, 0.717) is 0 Å². The number of allylic oxidation sites excluding steroid dienone is 2. The molecule has 0 saturated carbocycles. The van der Waals surface area contributed by atoms with Crippen molar-refractivity contribution in [2.75, 3.05) is 26.3 Å². The van der Waals surface area contributed by atoms with Crippen molar-refractivity contribution < 1.29 is 4.74 Å². The number of hydrogen-bond donors (Lipinski definition) is 0. The quantitative estimate of drug-likeness (QED) is 0.613. The molecule has 1 atom stereocenters. The van der Waals surface area contributed by atoms with Crippen LogP contribution < -0.4 is 0 Å². The molecule has 0 aromatic heterocycles. The molecule has 74 valence electrons. The van der Waals surface area contributed by atoms with Gasteiger partial charge in [0.1, 0.15) is 0 Å². The second-order valence-corrected chi connectivity index (χ2v) is 4.17. The minimum absolute atomic E-state index is 0.893. The van der Waals surface area contributed by atoms with Crippen LogP contribution in [0.25, 0.3) is 0 Å². The molecule has 0 radical (unpaired) electrons. The van der Waals surface area contributed by atoms with Crippen LogP contribution in [0.1, 0.15) is 26.2 Å². The number of nitrogens with zero attached hydrogens (tertiary/aromatic N) is 1. The fraction of sp³-hybridized carbons (Fsp3) is 0.818. The second kappa shape index (κ2) is 4.14. The SMILES string of the molecule is C[C@H]1CC=C(N2CCOCC2)CC1. The van der Waals surface area contributed by atoms with Gasteiger partial charge >= 0.3 is 0 Å². The van der Waals surface area contributed by atoms with E-state index >= 15 is 0 Å². The van der Waals surface area contributed by atoms with Gasteiger partial charge in [0.2, 0.25) is 0 Å². The topological polar surface area (TPSA) is 12.5 Å². The fourth-order valence-corrected chi connectivity index (χ4v) is 2.09. The third-order valence-electron chi connectivity index (χ3n) is 3.07. The predicted molar refractivity (Wildman–Crippen MR) is 53.5 cm³/mol. The highest BCUT2D eigenvalue weighted by Gasteiger charge is 2.17. The van der Waals surface area contributed by atoms with Gasteiger partial charge in [0, 0.05) is 18.8 Å². The lowest BCUT2D eigenvalue weighted by Crippen LogP contribution is -2.36. The number of morpholine rings is 1. The molecule has 1 saturated heterocycles. The van der Waals surface area contributed by atoms with E-state index in [9.17, 15) is 0 Å². The van der Waals surface area contributed by atoms with E-state index < -0.39 is 0 Å². The normalized spacial score (nSPS) is 30.1. The summed E-state index contributed by atoms with van der Waals surface area (Å²) in [6, 6.07) is 0. The Labute approximate surface area is 80.6 Å². The number of ether oxygens (including phenoxy) is 1. The van der Waals surface area contributed by atoms with Gasteiger partial charge in [0.05, 0.1) is 13.2 Å². The lowest BCUT2D eigenvalue weighted by atomic mass is 9.93. The molecule has 0 aromatic rings. The van der Waals surface area contributed by atoms with E-state index in [1.54, 1.807) is 5.70 Å². The molecule has 0 bridgehead atoms. The largest absolute Gasteiger partial charge is 0.378 e.